The van der Waals surface area contributed by atoms with Crippen molar-refractivity contribution in [2.45, 2.75) is 32.4 Å². The minimum atomic E-state index is -0.368. The molecule has 1 aliphatic rings. The minimum absolute atomic E-state index is 0.124. The number of piperidine rings is 1. The molecule has 1 aromatic rings. The average Bonchev–Trinajstić information content (AvgIpc) is 2.43. The number of rotatable bonds is 3. The lowest BCUT2D eigenvalue weighted by Crippen LogP contribution is -2.50. The maximum Gasteiger partial charge on any atom is 0.242 e. The Morgan fingerprint density at radius 1 is 1.60 bits per heavy atom. The van der Waals surface area contributed by atoms with Gasteiger partial charge in [-0.05, 0) is 37.9 Å². The second-order valence-electron chi connectivity index (χ2n) is 5.36. The normalized spacial score (nSPS) is 25.2. The van der Waals surface area contributed by atoms with Gasteiger partial charge < -0.3 is 10.4 Å². The van der Waals surface area contributed by atoms with E-state index in [0.717, 1.165) is 13.0 Å². The third-order valence-electron chi connectivity index (χ3n) is 3.86. The van der Waals surface area contributed by atoms with Crippen LogP contribution in [0.2, 0.25) is 5.02 Å². The van der Waals surface area contributed by atoms with Gasteiger partial charge in [-0.15, -0.1) is 0 Å². The summed E-state index contributed by atoms with van der Waals surface area (Å²) in [5.41, 5.74) is 0. The average molecular weight is 298 g/mol. The van der Waals surface area contributed by atoms with Gasteiger partial charge in [-0.3, -0.25) is 9.69 Å². The van der Waals surface area contributed by atoms with Gasteiger partial charge in [0.15, 0.2) is 0 Å². The summed E-state index contributed by atoms with van der Waals surface area (Å²) in [6.45, 7) is 5.23. The molecule has 6 heteroatoms. The molecule has 20 heavy (non-hydrogen) atoms. The number of pyridine rings is 1. The van der Waals surface area contributed by atoms with Gasteiger partial charge in [0.05, 0.1) is 17.2 Å². The number of aliphatic hydroxyl groups is 1. The van der Waals surface area contributed by atoms with Crippen molar-refractivity contribution >= 4 is 23.3 Å². The van der Waals surface area contributed by atoms with E-state index in [1.807, 2.05) is 18.7 Å². The fourth-order valence-electron chi connectivity index (χ4n) is 2.27. The first-order valence-corrected chi connectivity index (χ1v) is 7.19. The number of nitrogens with one attached hydrogen (secondary N) is 1. The highest BCUT2D eigenvalue weighted by molar-refractivity contribution is 6.30. The van der Waals surface area contributed by atoms with Gasteiger partial charge in [0, 0.05) is 12.7 Å². The fourth-order valence-corrected chi connectivity index (χ4v) is 2.38. The molecule has 3 unspecified atom stereocenters. The third kappa shape index (κ3) is 3.69. The first-order chi connectivity index (χ1) is 9.47. The van der Waals surface area contributed by atoms with E-state index < -0.39 is 0 Å². The zero-order valence-electron chi connectivity index (χ0n) is 11.7. The minimum Gasteiger partial charge on any atom is -0.392 e. The largest absolute Gasteiger partial charge is 0.392 e. The van der Waals surface area contributed by atoms with E-state index in [0.29, 0.717) is 23.3 Å². The number of hydrogen-bond acceptors (Lipinski definition) is 4. The summed E-state index contributed by atoms with van der Waals surface area (Å²) in [6, 6.07) is 3.05. The van der Waals surface area contributed by atoms with Gasteiger partial charge in [0.25, 0.3) is 0 Å². The first-order valence-electron chi connectivity index (χ1n) is 6.82. The Hall–Kier alpha value is -1.17. The van der Waals surface area contributed by atoms with Crippen LogP contribution in [0.4, 0.5) is 5.82 Å². The molecule has 0 spiro atoms. The number of carbonyl (C=O) groups excluding carboxylic acids is 1. The van der Waals surface area contributed by atoms with Crippen LogP contribution in [0.3, 0.4) is 0 Å². The monoisotopic (exact) mass is 297 g/mol. The lowest BCUT2D eigenvalue weighted by atomic mass is 9.95. The summed E-state index contributed by atoms with van der Waals surface area (Å²) in [5.74, 6) is 0.651. The van der Waals surface area contributed by atoms with E-state index >= 15 is 0 Å². The molecular weight excluding hydrogens is 278 g/mol. The topological polar surface area (TPSA) is 65.5 Å². The highest BCUT2D eigenvalue weighted by Gasteiger charge is 2.30. The molecule has 2 rings (SSSR count). The van der Waals surface area contributed by atoms with Crippen molar-refractivity contribution in [3.05, 3.63) is 23.4 Å². The van der Waals surface area contributed by atoms with E-state index in [4.69, 9.17) is 11.6 Å². The van der Waals surface area contributed by atoms with Gasteiger partial charge >= 0.3 is 0 Å². The maximum absolute atomic E-state index is 12.2. The smallest absolute Gasteiger partial charge is 0.242 e. The molecule has 1 saturated heterocycles. The van der Waals surface area contributed by atoms with Crippen molar-refractivity contribution < 1.29 is 9.90 Å². The van der Waals surface area contributed by atoms with Crippen LogP contribution < -0.4 is 5.32 Å². The molecule has 2 N–H and O–H groups in total. The van der Waals surface area contributed by atoms with Crippen LogP contribution in [0, 0.1) is 5.92 Å². The summed E-state index contributed by atoms with van der Waals surface area (Å²) >= 11 is 5.75. The van der Waals surface area contributed by atoms with Crippen molar-refractivity contribution in [2.75, 3.05) is 18.4 Å². The number of nitrogens with zero attached hydrogens (tertiary/aromatic N) is 2. The van der Waals surface area contributed by atoms with Crippen LogP contribution in [0.5, 0.6) is 0 Å². The number of hydrogen-bond donors (Lipinski definition) is 2. The summed E-state index contributed by atoms with van der Waals surface area (Å²) < 4.78 is 0. The Bertz CT molecular complexity index is 466. The molecule has 1 aliphatic heterocycles. The fraction of sp³-hybridized carbons (Fsp3) is 0.571. The summed E-state index contributed by atoms with van der Waals surface area (Å²) in [7, 11) is 0. The molecule has 3 atom stereocenters. The van der Waals surface area contributed by atoms with Crippen molar-refractivity contribution in [3.63, 3.8) is 0 Å². The van der Waals surface area contributed by atoms with E-state index in [-0.39, 0.29) is 18.1 Å². The van der Waals surface area contributed by atoms with Crippen molar-refractivity contribution in [3.8, 4) is 0 Å². The van der Waals surface area contributed by atoms with Gasteiger partial charge in [0.2, 0.25) is 5.91 Å². The number of amides is 1. The number of β-amino-alcohol motifs (C(OH)–C–C–N with tert-alkyl or cyclic N) is 1. The van der Waals surface area contributed by atoms with Crippen molar-refractivity contribution in [2.24, 2.45) is 5.92 Å². The van der Waals surface area contributed by atoms with Crippen LogP contribution >= 0.6 is 11.6 Å². The maximum atomic E-state index is 12.2. The van der Waals surface area contributed by atoms with Crippen molar-refractivity contribution in [1.29, 1.82) is 0 Å². The van der Waals surface area contributed by atoms with Gasteiger partial charge in [-0.1, -0.05) is 18.5 Å². The Morgan fingerprint density at radius 3 is 2.95 bits per heavy atom. The lowest BCUT2D eigenvalue weighted by Gasteiger charge is -2.37. The van der Waals surface area contributed by atoms with E-state index in [1.54, 1.807) is 12.1 Å². The Labute approximate surface area is 123 Å². The molecule has 1 fully saturated rings. The summed E-state index contributed by atoms with van der Waals surface area (Å²) in [6.07, 6.45) is 2.03. The van der Waals surface area contributed by atoms with Crippen LogP contribution in [-0.4, -0.2) is 46.1 Å². The Balaban J connectivity index is 1.93. The van der Waals surface area contributed by atoms with E-state index in [2.05, 4.69) is 10.3 Å². The zero-order chi connectivity index (χ0) is 14.7. The second kappa shape index (κ2) is 6.52. The Kier molecular flexibility index (Phi) is 4.96. The first kappa shape index (κ1) is 15.2. The van der Waals surface area contributed by atoms with Gasteiger partial charge in [-0.25, -0.2) is 4.98 Å². The molecule has 0 aliphatic carbocycles. The van der Waals surface area contributed by atoms with Gasteiger partial charge in [0.1, 0.15) is 5.82 Å². The van der Waals surface area contributed by atoms with E-state index in [9.17, 15) is 9.90 Å². The summed E-state index contributed by atoms with van der Waals surface area (Å²) in [4.78, 5) is 18.2. The molecule has 0 radical (unpaired) electrons. The number of carbonyl (C=O) groups is 1. The molecular formula is C14H20ClN3O2. The standard InChI is InChI=1S/C14H20ClN3O2/c1-9-5-6-18(8-12(9)19)10(2)14(20)17-13-4-3-11(15)7-16-13/h3-4,7,9-10,12,19H,5-6,8H2,1-2H3,(H,16,17,20). The predicted octanol–water partition coefficient (Wildman–Crippen LogP) is 1.76. The van der Waals surface area contributed by atoms with E-state index in [1.165, 1.54) is 6.20 Å². The quantitative estimate of drug-likeness (QED) is 0.892. The number of aromatic nitrogens is 1. The SMILES string of the molecule is CC1CCN(C(C)C(=O)Nc2ccc(Cl)cn2)CC1O. The second-order valence-corrected chi connectivity index (χ2v) is 5.79. The van der Waals surface area contributed by atoms with Crippen LogP contribution in [0.1, 0.15) is 20.3 Å². The molecule has 2 heterocycles. The third-order valence-corrected chi connectivity index (χ3v) is 4.08. The van der Waals surface area contributed by atoms with Crippen LogP contribution in [0.25, 0.3) is 0 Å². The highest BCUT2D eigenvalue weighted by Crippen LogP contribution is 2.19. The molecule has 110 valence electrons. The number of halogens is 1. The number of likely N-dealkylation sites (tertiary alicyclic amines) is 1. The van der Waals surface area contributed by atoms with Crippen LogP contribution in [-0.2, 0) is 4.79 Å². The highest BCUT2D eigenvalue weighted by atomic mass is 35.5. The van der Waals surface area contributed by atoms with Crippen LogP contribution in [0.15, 0.2) is 18.3 Å². The predicted molar refractivity (Wildman–Crippen MR) is 78.7 cm³/mol. The molecule has 0 aromatic carbocycles. The molecule has 0 saturated carbocycles. The molecule has 0 bridgehead atoms. The molecule has 5 nitrogen and oxygen atoms in total. The van der Waals surface area contributed by atoms with Crippen molar-refractivity contribution in [1.82, 2.24) is 9.88 Å². The number of anilines is 1. The zero-order valence-corrected chi connectivity index (χ0v) is 12.5. The lowest BCUT2D eigenvalue weighted by molar-refractivity contribution is -0.122. The molecule has 1 amide bonds. The van der Waals surface area contributed by atoms with Gasteiger partial charge in [-0.2, -0.15) is 0 Å². The Morgan fingerprint density at radius 2 is 2.35 bits per heavy atom. The summed E-state index contributed by atoms with van der Waals surface area (Å²) in [5, 5.41) is 13.2. The molecule has 1 aromatic heterocycles. The number of aliphatic hydroxyl groups excluding tert-OH is 1.